The number of hydrogen-bond donors (Lipinski definition) is 1. The molecule has 22 heavy (non-hydrogen) atoms. The van der Waals surface area contributed by atoms with E-state index >= 15 is 0 Å². The third kappa shape index (κ3) is 6.38. The Morgan fingerprint density at radius 1 is 1.09 bits per heavy atom. The first-order chi connectivity index (χ1) is 10.6. The van der Waals surface area contributed by atoms with E-state index in [-0.39, 0.29) is 0 Å². The van der Waals surface area contributed by atoms with Gasteiger partial charge in [-0.3, -0.25) is 4.90 Å². The van der Waals surface area contributed by atoms with Gasteiger partial charge in [-0.2, -0.15) is 0 Å². The fourth-order valence-electron chi connectivity index (χ4n) is 2.85. The number of ether oxygens (including phenoxy) is 2. The smallest absolute Gasteiger partial charge is 0.137 e. The van der Waals surface area contributed by atoms with Crippen LogP contribution in [0, 0.1) is 0 Å². The maximum absolute atomic E-state index is 5.51. The molecule has 0 bridgehead atoms. The van der Waals surface area contributed by atoms with Crippen molar-refractivity contribution in [3.05, 3.63) is 23.6 Å². The summed E-state index contributed by atoms with van der Waals surface area (Å²) in [6.45, 7) is 10.5. The number of nitrogens with two attached hydrogens (primary N) is 1. The van der Waals surface area contributed by atoms with Crippen LogP contribution < -0.4 is 5.73 Å². The minimum absolute atomic E-state index is 0.681. The maximum Gasteiger partial charge on any atom is 0.137 e. The number of hydrogen-bond acceptors (Lipinski definition) is 5. The summed E-state index contributed by atoms with van der Waals surface area (Å²) in [6.07, 6.45) is 6.32. The van der Waals surface area contributed by atoms with Crippen molar-refractivity contribution in [1.29, 1.82) is 0 Å². The molecule has 2 N–H and O–H groups in total. The van der Waals surface area contributed by atoms with E-state index in [0.717, 1.165) is 38.1 Å². The molecule has 0 spiro atoms. The van der Waals surface area contributed by atoms with Crippen molar-refractivity contribution in [3.63, 3.8) is 0 Å². The van der Waals surface area contributed by atoms with Crippen molar-refractivity contribution in [2.45, 2.75) is 32.7 Å². The van der Waals surface area contributed by atoms with Crippen LogP contribution in [0.2, 0.25) is 0 Å². The van der Waals surface area contributed by atoms with Crippen LogP contribution in [0.1, 0.15) is 26.7 Å². The lowest BCUT2D eigenvalue weighted by molar-refractivity contribution is 0.00290. The summed E-state index contributed by atoms with van der Waals surface area (Å²) in [6, 6.07) is 0.833. The first-order valence-corrected chi connectivity index (χ1v) is 8.25. The summed E-state index contributed by atoms with van der Waals surface area (Å²) in [5, 5.41) is 0. The zero-order chi connectivity index (χ0) is 16.4. The van der Waals surface area contributed by atoms with E-state index in [1.165, 1.54) is 25.9 Å². The first kappa shape index (κ1) is 19.0. The second-order valence-corrected chi connectivity index (χ2v) is 5.78. The quantitative estimate of drug-likeness (QED) is 0.636. The van der Waals surface area contributed by atoms with Crippen LogP contribution in [-0.4, -0.2) is 69.4 Å². The van der Waals surface area contributed by atoms with E-state index in [1.807, 2.05) is 19.9 Å². The van der Waals surface area contributed by atoms with Gasteiger partial charge in [-0.15, -0.1) is 0 Å². The Morgan fingerprint density at radius 2 is 1.68 bits per heavy atom. The van der Waals surface area contributed by atoms with Gasteiger partial charge >= 0.3 is 0 Å². The monoisotopic (exact) mass is 311 g/mol. The van der Waals surface area contributed by atoms with Crippen LogP contribution in [0.5, 0.6) is 0 Å². The van der Waals surface area contributed by atoms with Crippen LogP contribution in [0.4, 0.5) is 0 Å². The highest BCUT2D eigenvalue weighted by molar-refractivity contribution is 5.20. The minimum Gasteiger partial charge on any atom is -0.495 e. The fourth-order valence-corrected chi connectivity index (χ4v) is 2.85. The number of likely N-dealkylation sites (tertiary alicyclic amines) is 1. The lowest BCUT2D eigenvalue weighted by Gasteiger charge is -2.39. The second-order valence-electron chi connectivity index (χ2n) is 5.78. The molecule has 0 aromatic heterocycles. The predicted octanol–water partition coefficient (Wildman–Crippen LogP) is 1.81. The molecule has 5 nitrogen and oxygen atoms in total. The van der Waals surface area contributed by atoms with Gasteiger partial charge in [-0.25, -0.2) is 0 Å². The van der Waals surface area contributed by atoms with Gasteiger partial charge in [-0.05, 0) is 52.9 Å². The zero-order valence-corrected chi connectivity index (χ0v) is 14.7. The fraction of sp³-hybridized carbons (Fsp3) is 0.765. The van der Waals surface area contributed by atoms with Crippen molar-refractivity contribution >= 4 is 0 Å². The summed E-state index contributed by atoms with van der Waals surface area (Å²) in [7, 11) is 3.82. The van der Waals surface area contributed by atoms with Gasteiger partial charge in [0.25, 0.3) is 0 Å². The van der Waals surface area contributed by atoms with Gasteiger partial charge in [0.2, 0.25) is 0 Å². The number of morpholine rings is 1. The predicted molar refractivity (Wildman–Crippen MR) is 91.6 cm³/mol. The lowest BCUT2D eigenvalue weighted by Crippen LogP contribution is -2.48. The Labute approximate surface area is 135 Å². The summed E-state index contributed by atoms with van der Waals surface area (Å²) in [4.78, 5) is 5.04. The summed E-state index contributed by atoms with van der Waals surface area (Å²) in [5.74, 6) is 0.734. The number of nitrogens with zero attached hydrogens (tertiary/aromatic N) is 2. The average Bonchev–Trinajstić information content (AvgIpc) is 2.58. The molecule has 2 saturated heterocycles. The first-order valence-electron chi connectivity index (χ1n) is 8.25. The summed E-state index contributed by atoms with van der Waals surface area (Å²) < 4.78 is 10.3. The molecule has 5 heteroatoms. The summed E-state index contributed by atoms with van der Waals surface area (Å²) >= 11 is 0. The third-order valence-electron chi connectivity index (χ3n) is 4.33. The van der Waals surface area contributed by atoms with Crippen molar-refractivity contribution in [2.75, 3.05) is 53.6 Å². The Hall–Kier alpha value is -1.04. The van der Waals surface area contributed by atoms with Gasteiger partial charge in [0.1, 0.15) is 5.76 Å². The highest BCUT2D eigenvalue weighted by Gasteiger charge is 2.24. The van der Waals surface area contributed by atoms with Gasteiger partial charge in [0, 0.05) is 19.1 Å². The highest BCUT2D eigenvalue weighted by atomic mass is 16.5. The molecule has 0 aliphatic carbocycles. The molecule has 2 heterocycles. The van der Waals surface area contributed by atoms with Crippen LogP contribution >= 0.6 is 0 Å². The molecule has 128 valence electrons. The van der Waals surface area contributed by atoms with E-state index in [1.54, 1.807) is 13.2 Å². The Kier molecular flexibility index (Phi) is 9.20. The van der Waals surface area contributed by atoms with Crippen molar-refractivity contribution < 1.29 is 9.47 Å². The number of rotatable bonds is 3. The number of allylic oxidation sites excluding steroid dienone is 2. The molecule has 0 saturated carbocycles. The van der Waals surface area contributed by atoms with E-state index in [2.05, 4.69) is 16.8 Å². The lowest BCUT2D eigenvalue weighted by atomic mass is 10.0. The average molecular weight is 311 g/mol. The molecule has 0 aromatic carbocycles. The Balaban J connectivity index is 0.000000239. The molecular formula is C17H33N3O2. The van der Waals surface area contributed by atoms with E-state index < -0.39 is 0 Å². The van der Waals surface area contributed by atoms with Gasteiger partial charge in [0.15, 0.2) is 0 Å². The Morgan fingerprint density at radius 3 is 2.09 bits per heavy atom. The van der Waals surface area contributed by atoms with Gasteiger partial charge in [0.05, 0.1) is 26.0 Å². The number of piperidine rings is 1. The van der Waals surface area contributed by atoms with Gasteiger partial charge in [-0.1, -0.05) is 6.08 Å². The third-order valence-corrected chi connectivity index (χ3v) is 4.33. The molecule has 0 unspecified atom stereocenters. The molecule has 2 aliphatic rings. The molecule has 2 rings (SSSR count). The normalized spacial score (nSPS) is 22.9. The van der Waals surface area contributed by atoms with Crippen molar-refractivity contribution in [3.8, 4) is 0 Å². The Bertz CT molecular complexity index is 355. The number of methoxy groups -OCH3 is 1. The summed E-state index contributed by atoms with van der Waals surface area (Å²) in [5.41, 5.74) is 6.19. The van der Waals surface area contributed by atoms with Crippen LogP contribution in [0.3, 0.4) is 0 Å². The molecule has 2 fully saturated rings. The molecule has 0 atom stereocenters. The van der Waals surface area contributed by atoms with Crippen LogP contribution in [-0.2, 0) is 9.47 Å². The van der Waals surface area contributed by atoms with Crippen molar-refractivity contribution in [1.82, 2.24) is 9.80 Å². The second kappa shape index (κ2) is 10.6. The standard InChI is InChI=1S/C10H20N2O.C7H13NO/c1-11-4-2-10(3-5-11)12-6-8-13-9-7-12;1-4-6(8)7(5-2)9-3/h10H,2-9H2,1H3;4-5H,8H2,1-3H3/b;6-4+,7-5+. The minimum atomic E-state index is 0.681. The zero-order valence-electron chi connectivity index (χ0n) is 14.7. The maximum atomic E-state index is 5.51. The van der Waals surface area contributed by atoms with Crippen LogP contribution in [0.25, 0.3) is 0 Å². The molecular weight excluding hydrogens is 278 g/mol. The highest BCUT2D eigenvalue weighted by Crippen LogP contribution is 2.16. The van der Waals surface area contributed by atoms with Crippen LogP contribution in [0.15, 0.2) is 23.6 Å². The molecule has 0 amide bonds. The molecule has 0 aromatic rings. The van der Waals surface area contributed by atoms with E-state index in [4.69, 9.17) is 15.2 Å². The van der Waals surface area contributed by atoms with E-state index in [0.29, 0.717) is 5.70 Å². The topological polar surface area (TPSA) is 51.0 Å². The molecule has 2 aliphatic heterocycles. The largest absolute Gasteiger partial charge is 0.495 e. The SMILES string of the molecule is C/C=C(N)\C(=C/C)OC.CN1CCC(N2CCOCC2)CC1. The van der Waals surface area contributed by atoms with Crippen molar-refractivity contribution in [2.24, 2.45) is 5.73 Å². The van der Waals surface area contributed by atoms with E-state index in [9.17, 15) is 0 Å². The molecule has 0 radical (unpaired) electrons. The van der Waals surface area contributed by atoms with Gasteiger partial charge < -0.3 is 20.1 Å².